The highest BCUT2D eigenvalue weighted by atomic mass is 79.9. The second-order valence-electron chi connectivity index (χ2n) is 4.18. The number of aromatic nitrogens is 1. The Morgan fingerprint density at radius 1 is 1.10 bits per heavy atom. The van der Waals surface area contributed by atoms with E-state index in [1.807, 2.05) is 53.9 Å². The Balaban J connectivity index is 1.82. The van der Waals surface area contributed by atoms with Crippen LogP contribution in [0.15, 0.2) is 58.4 Å². The van der Waals surface area contributed by atoms with Gasteiger partial charge >= 0.3 is 0 Å². The van der Waals surface area contributed by atoms with Crippen LogP contribution in [0.25, 0.3) is 11.3 Å². The summed E-state index contributed by atoms with van der Waals surface area (Å²) in [4.78, 5) is 4.58. The molecule has 1 heterocycles. The Morgan fingerprint density at radius 3 is 2.65 bits per heavy atom. The Bertz CT molecular complexity index is 725. The van der Waals surface area contributed by atoms with Crippen LogP contribution in [-0.4, -0.2) is 4.98 Å². The number of hydrogen-bond donors (Lipinski definition) is 1. The molecule has 3 aromatic rings. The van der Waals surface area contributed by atoms with Crippen LogP contribution in [0.4, 0.5) is 10.8 Å². The summed E-state index contributed by atoms with van der Waals surface area (Å²) < 4.78 is 1.06. The van der Waals surface area contributed by atoms with Crippen molar-refractivity contribution < 1.29 is 0 Å². The maximum atomic E-state index is 5.97. The maximum absolute atomic E-state index is 5.97. The van der Waals surface area contributed by atoms with Gasteiger partial charge in [-0.3, -0.25) is 0 Å². The van der Waals surface area contributed by atoms with Gasteiger partial charge in [-0.25, -0.2) is 4.98 Å². The van der Waals surface area contributed by atoms with Gasteiger partial charge in [0.05, 0.1) is 5.69 Å². The molecule has 0 amide bonds. The third-order valence-electron chi connectivity index (χ3n) is 2.72. The van der Waals surface area contributed by atoms with E-state index in [0.29, 0.717) is 5.02 Å². The van der Waals surface area contributed by atoms with Gasteiger partial charge in [-0.15, -0.1) is 11.3 Å². The molecule has 2 aromatic carbocycles. The van der Waals surface area contributed by atoms with Crippen LogP contribution in [0.3, 0.4) is 0 Å². The van der Waals surface area contributed by atoms with E-state index in [1.54, 1.807) is 11.3 Å². The van der Waals surface area contributed by atoms with Crippen molar-refractivity contribution >= 4 is 49.7 Å². The first-order chi connectivity index (χ1) is 9.70. The van der Waals surface area contributed by atoms with Crippen LogP contribution in [0, 0.1) is 0 Å². The summed E-state index contributed by atoms with van der Waals surface area (Å²) >= 11 is 11.0. The van der Waals surface area contributed by atoms with Gasteiger partial charge in [0, 0.05) is 26.1 Å². The molecule has 0 unspecified atom stereocenters. The predicted octanol–water partition coefficient (Wildman–Crippen LogP) is 5.97. The Kier molecular flexibility index (Phi) is 4.05. The molecule has 1 aromatic heterocycles. The molecule has 0 spiro atoms. The standard InChI is InChI=1S/C15H10BrClN2S/c16-11-6-4-10(5-7-11)14-9-20-15(19-14)18-13-3-1-2-12(17)8-13/h1-9H,(H,18,19). The highest BCUT2D eigenvalue weighted by Crippen LogP contribution is 2.28. The fourth-order valence-corrected chi connectivity index (χ4v) is 2.97. The van der Waals surface area contributed by atoms with Gasteiger partial charge in [0.2, 0.25) is 0 Å². The zero-order valence-electron chi connectivity index (χ0n) is 10.3. The van der Waals surface area contributed by atoms with Gasteiger partial charge < -0.3 is 5.32 Å². The van der Waals surface area contributed by atoms with Gasteiger partial charge in [-0.2, -0.15) is 0 Å². The van der Waals surface area contributed by atoms with Gasteiger partial charge in [0.25, 0.3) is 0 Å². The fraction of sp³-hybridized carbons (Fsp3) is 0. The Morgan fingerprint density at radius 2 is 1.90 bits per heavy atom. The van der Waals surface area contributed by atoms with Gasteiger partial charge in [-0.05, 0) is 30.3 Å². The van der Waals surface area contributed by atoms with E-state index in [2.05, 4.69) is 26.2 Å². The molecule has 0 bridgehead atoms. The van der Waals surface area contributed by atoms with Crippen LogP contribution in [-0.2, 0) is 0 Å². The second-order valence-corrected chi connectivity index (χ2v) is 6.39. The van der Waals surface area contributed by atoms with Gasteiger partial charge in [0.15, 0.2) is 5.13 Å². The number of anilines is 2. The molecule has 0 radical (unpaired) electrons. The maximum Gasteiger partial charge on any atom is 0.187 e. The Hall–Kier alpha value is -1.36. The molecule has 0 aliphatic carbocycles. The molecule has 0 aliphatic heterocycles. The van der Waals surface area contributed by atoms with Crippen molar-refractivity contribution in [2.45, 2.75) is 0 Å². The molecule has 0 fully saturated rings. The number of hydrogen-bond acceptors (Lipinski definition) is 3. The highest BCUT2D eigenvalue weighted by Gasteiger charge is 2.05. The zero-order chi connectivity index (χ0) is 13.9. The first-order valence-corrected chi connectivity index (χ1v) is 8.00. The quantitative estimate of drug-likeness (QED) is 0.618. The fourth-order valence-electron chi connectivity index (χ4n) is 1.77. The number of thiazole rings is 1. The number of halogens is 2. The van der Waals surface area contributed by atoms with Crippen molar-refractivity contribution in [2.24, 2.45) is 0 Å². The van der Waals surface area contributed by atoms with Crippen molar-refractivity contribution in [2.75, 3.05) is 5.32 Å². The van der Waals surface area contributed by atoms with E-state index in [0.717, 1.165) is 26.5 Å². The molecular formula is C15H10BrClN2S. The molecule has 0 atom stereocenters. The lowest BCUT2D eigenvalue weighted by Gasteiger charge is -2.02. The summed E-state index contributed by atoms with van der Waals surface area (Å²) in [6.07, 6.45) is 0. The van der Waals surface area contributed by atoms with E-state index in [-0.39, 0.29) is 0 Å². The van der Waals surface area contributed by atoms with Crippen LogP contribution in [0.2, 0.25) is 5.02 Å². The minimum absolute atomic E-state index is 0.708. The second kappa shape index (κ2) is 5.95. The normalized spacial score (nSPS) is 10.5. The minimum atomic E-state index is 0.708. The molecule has 100 valence electrons. The molecule has 0 saturated heterocycles. The van der Waals surface area contributed by atoms with E-state index in [1.165, 1.54) is 0 Å². The lowest BCUT2D eigenvalue weighted by atomic mass is 10.2. The summed E-state index contributed by atoms with van der Waals surface area (Å²) in [6, 6.07) is 15.7. The van der Waals surface area contributed by atoms with Crippen LogP contribution >= 0.6 is 38.9 Å². The van der Waals surface area contributed by atoms with Crippen LogP contribution < -0.4 is 5.32 Å². The lowest BCUT2D eigenvalue weighted by molar-refractivity contribution is 1.38. The predicted molar refractivity (Wildman–Crippen MR) is 90.0 cm³/mol. The number of nitrogens with zero attached hydrogens (tertiary/aromatic N) is 1. The monoisotopic (exact) mass is 364 g/mol. The van der Waals surface area contributed by atoms with Crippen molar-refractivity contribution in [3.63, 3.8) is 0 Å². The summed E-state index contributed by atoms with van der Waals surface area (Å²) in [5.74, 6) is 0. The number of rotatable bonds is 3. The van der Waals surface area contributed by atoms with E-state index < -0.39 is 0 Å². The molecule has 2 nitrogen and oxygen atoms in total. The first kappa shape index (κ1) is 13.6. The van der Waals surface area contributed by atoms with Crippen molar-refractivity contribution in [1.29, 1.82) is 0 Å². The number of benzene rings is 2. The third kappa shape index (κ3) is 3.20. The lowest BCUT2D eigenvalue weighted by Crippen LogP contribution is -1.89. The molecule has 3 rings (SSSR count). The molecule has 1 N–H and O–H groups in total. The van der Waals surface area contributed by atoms with E-state index >= 15 is 0 Å². The molecule has 0 saturated carbocycles. The van der Waals surface area contributed by atoms with Crippen molar-refractivity contribution in [1.82, 2.24) is 4.98 Å². The SMILES string of the molecule is Clc1cccc(Nc2nc(-c3ccc(Br)cc3)cs2)c1. The van der Waals surface area contributed by atoms with Crippen LogP contribution in [0.5, 0.6) is 0 Å². The average molecular weight is 366 g/mol. The summed E-state index contributed by atoms with van der Waals surface area (Å²) in [6.45, 7) is 0. The molecule has 0 aliphatic rings. The van der Waals surface area contributed by atoms with Gasteiger partial charge in [0.1, 0.15) is 0 Å². The van der Waals surface area contributed by atoms with Gasteiger partial charge in [-0.1, -0.05) is 45.7 Å². The van der Waals surface area contributed by atoms with Crippen LogP contribution in [0.1, 0.15) is 0 Å². The van der Waals surface area contributed by atoms with Crippen molar-refractivity contribution in [3.05, 3.63) is 63.4 Å². The van der Waals surface area contributed by atoms with E-state index in [9.17, 15) is 0 Å². The summed E-state index contributed by atoms with van der Waals surface area (Å²) in [5, 5.41) is 6.86. The molecular weight excluding hydrogens is 356 g/mol. The van der Waals surface area contributed by atoms with Crippen molar-refractivity contribution in [3.8, 4) is 11.3 Å². The third-order valence-corrected chi connectivity index (χ3v) is 4.24. The highest BCUT2D eigenvalue weighted by molar-refractivity contribution is 9.10. The number of nitrogens with one attached hydrogen (secondary N) is 1. The first-order valence-electron chi connectivity index (χ1n) is 5.95. The minimum Gasteiger partial charge on any atom is -0.331 e. The smallest absolute Gasteiger partial charge is 0.187 e. The zero-order valence-corrected chi connectivity index (χ0v) is 13.5. The largest absolute Gasteiger partial charge is 0.331 e. The van der Waals surface area contributed by atoms with E-state index in [4.69, 9.17) is 11.6 Å². The summed E-state index contributed by atoms with van der Waals surface area (Å²) in [7, 11) is 0. The summed E-state index contributed by atoms with van der Waals surface area (Å²) in [5.41, 5.74) is 3.00. The molecule has 20 heavy (non-hydrogen) atoms. The molecule has 5 heteroatoms. The topological polar surface area (TPSA) is 24.9 Å². The Labute approximate surface area is 134 Å². The average Bonchev–Trinajstić information content (AvgIpc) is 2.88.